The van der Waals surface area contributed by atoms with Gasteiger partial charge in [-0.1, -0.05) is 0 Å². The molecule has 0 spiro atoms. The van der Waals surface area contributed by atoms with Crippen molar-refractivity contribution in [3.05, 3.63) is 0 Å². The summed E-state index contributed by atoms with van der Waals surface area (Å²) in [5.41, 5.74) is -1.97. The Bertz CT molecular complexity index is 323. The lowest BCUT2D eigenvalue weighted by Crippen LogP contribution is -2.38. The maximum Gasteiger partial charge on any atom is 0.323 e. The molecule has 0 saturated carbocycles. The van der Waals surface area contributed by atoms with Gasteiger partial charge in [-0.25, -0.2) is 0 Å². The molecule has 0 atom stereocenters. The first-order chi connectivity index (χ1) is 6.51. The standard InChI is InChI=1S/C10H10O4/c1-3-5-7-10(6-4-2,8(11)12)9(13)14/h2H,6-7H2,1H3,(H,11,12)(H,13,14). The maximum atomic E-state index is 10.8. The van der Waals surface area contributed by atoms with Crippen LogP contribution in [-0.2, 0) is 9.59 Å². The van der Waals surface area contributed by atoms with Crippen LogP contribution in [0, 0.1) is 29.6 Å². The van der Waals surface area contributed by atoms with Crippen LogP contribution in [0.25, 0.3) is 0 Å². The van der Waals surface area contributed by atoms with E-state index >= 15 is 0 Å². The predicted octanol–water partition coefficient (Wildman–Crippen LogP) is 0.579. The Hall–Kier alpha value is -1.94. The first kappa shape index (κ1) is 12.1. The van der Waals surface area contributed by atoms with Gasteiger partial charge in [-0.15, -0.1) is 24.2 Å². The highest BCUT2D eigenvalue weighted by Crippen LogP contribution is 2.26. The second-order valence-corrected chi connectivity index (χ2v) is 2.68. The molecule has 0 rings (SSSR count). The van der Waals surface area contributed by atoms with E-state index in [0.717, 1.165) is 0 Å². The molecular weight excluding hydrogens is 184 g/mol. The largest absolute Gasteiger partial charge is 0.480 e. The highest BCUT2D eigenvalue weighted by atomic mass is 16.4. The summed E-state index contributed by atoms with van der Waals surface area (Å²) in [4.78, 5) is 21.6. The molecule has 4 heteroatoms. The molecule has 0 aliphatic rings. The molecule has 4 nitrogen and oxygen atoms in total. The van der Waals surface area contributed by atoms with Crippen LogP contribution < -0.4 is 0 Å². The zero-order valence-corrected chi connectivity index (χ0v) is 7.70. The van der Waals surface area contributed by atoms with Crippen LogP contribution in [0.4, 0.5) is 0 Å². The summed E-state index contributed by atoms with van der Waals surface area (Å²) in [7, 11) is 0. The van der Waals surface area contributed by atoms with E-state index < -0.39 is 17.4 Å². The fourth-order valence-corrected chi connectivity index (χ4v) is 0.870. The second-order valence-electron chi connectivity index (χ2n) is 2.68. The van der Waals surface area contributed by atoms with Crippen molar-refractivity contribution in [2.45, 2.75) is 19.8 Å². The highest BCUT2D eigenvalue weighted by Gasteiger charge is 2.45. The predicted molar refractivity (Wildman–Crippen MR) is 49.2 cm³/mol. The molecule has 0 amide bonds. The first-order valence-corrected chi connectivity index (χ1v) is 3.81. The van der Waals surface area contributed by atoms with Crippen LogP contribution in [0.5, 0.6) is 0 Å². The molecule has 0 aromatic carbocycles. The molecule has 0 bridgehead atoms. The Morgan fingerprint density at radius 2 is 1.79 bits per heavy atom. The van der Waals surface area contributed by atoms with Gasteiger partial charge in [-0.2, -0.15) is 0 Å². The van der Waals surface area contributed by atoms with Crippen LogP contribution in [0.1, 0.15) is 19.8 Å². The lowest BCUT2D eigenvalue weighted by molar-refractivity contribution is -0.163. The number of terminal acetylenes is 1. The van der Waals surface area contributed by atoms with Gasteiger partial charge < -0.3 is 10.2 Å². The Kier molecular flexibility index (Phi) is 4.25. The molecule has 74 valence electrons. The van der Waals surface area contributed by atoms with E-state index in [-0.39, 0.29) is 12.8 Å². The fraction of sp³-hybridized carbons (Fsp3) is 0.400. The average Bonchev–Trinajstić information content (AvgIpc) is 2.11. The topological polar surface area (TPSA) is 74.6 Å². The normalized spacial score (nSPS) is 9.43. The number of aliphatic carboxylic acids is 2. The lowest BCUT2D eigenvalue weighted by atomic mass is 9.82. The molecule has 2 N–H and O–H groups in total. The SMILES string of the molecule is C#CCC(CC#CC)(C(=O)O)C(=O)O. The molecule has 0 fully saturated rings. The molecule has 0 aliphatic heterocycles. The number of carboxylic acids is 2. The molecule has 0 radical (unpaired) electrons. The summed E-state index contributed by atoms with van der Waals surface area (Å²) in [5, 5.41) is 17.6. The van der Waals surface area contributed by atoms with Crippen LogP contribution in [0.2, 0.25) is 0 Å². The second kappa shape index (κ2) is 4.94. The third kappa shape index (κ3) is 2.27. The van der Waals surface area contributed by atoms with Gasteiger partial charge in [0.2, 0.25) is 0 Å². The van der Waals surface area contributed by atoms with Gasteiger partial charge >= 0.3 is 11.9 Å². The summed E-state index contributed by atoms with van der Waals surface area (Å²) in [6.45, 7) is 1.50. The Labute approximate surface area is 81.9 Å². The van der Waals surface area contributed by atoms with E-state index in [1.807, 2.05) is 0 Å². The summed E-state index contributed by atoms with van der Waals surface area (Å²) in [6, 6.07) is 0. The number of carbonyl (C=O) groups is 2. The summed E-state index contributed by atoms with van der Waals surface area (Å²) < 4.78 is 0. The third-order valence-electron chi connectivity index (χ3n) is 1.79. The van der Waals surface area contributed by atoms with E-state index in [2.05, 4.69) is 17.8 Å². The summed E-state index contributed by atoms with van der Waals surface area (Å²) >= 11 is 0. The minimum absolute atomic E-state index is 0.279. The van der Waals surface area contributed by atoms with Crippen molar-refractivity contribution >= 4 is 11.9 Å². The molecule has 0 saturated heterocycles. The average molecular weight is 194 g/mol. The van der Waals surface area contributed by atoms with Crippen molar-refractivity contribution in [1.82, 2.24) is 0 Å². The molecule has 0 heterocycles. The molecule has 0 aromatic heterocycles. The van der Waals surface area contributed by atoms with Crippen molar-refractivity contribution in [2.75, 3.05) is 0 Å². The van der Waals surface area contributed by atoms with Gasteiger partial charge in [-0.3, -0.25) is 9.59 Å². The van der Waals surface area contributed by atoms with E-state index in [1.165, 1.54) is 6.92 Å². The van der Waals surface area contributed by atoms with Crippen molar-refractivity contribution in [3.63, 3.8) is 0 Å². The Morgan fingerprint density at radius 3 is 2.07 bits per heavy atom. The molecule has 14 heavy (non-hydrogen) atoms. The zero-order chi connectivity index (χ0) is 11.2. The number of rotatable bonds is 4. The van der Waals surface area contributed by atoms with E-state index in [9.17, 15) is 9.59 Å². The maximum absolute atomic E-state index is 10.8. The summed E-state index contributed by atoms with van der Waals surface area (Å²) in [5.74, 6) is 4.02. The molecular formula is C10H10O4. The van der Waals surface area contributed by atoms with Gasteiger partial charge in [-0.05, 0) is 6.92 Å². The third-order valence-corrected chi connectivity index (χ3v) is 1.79. The zero-order valence-electron chi connectivity index (χ0n) is 7.70. The van der Waals surface area contributed by atoms with Crippen molar-refractivity contribution in [3.8, 4) is 24.2 Å². The first-order valence-electron chi connectivity index (χ1n) is 3.81. The van der Waals surface area contributed by atoms with Crippen molar-refractivity contribution in [1.29, 1.82) is 0 Å². The molecule has 0 aromatic rings. The van der Waals surface area contributed by atoms with Crippen molar-refractivity contribution in [2.24, 2.45) is 5.41 Å². The Balaban J connectivity index is 5.13. The Morgan fingerprint density at radius 1 is 1.29 bits per heavy atom. The monoisotopic (exact) mass is 194 g/mol. The quantitative estimate of drug-likeness (QED) is 0.507. The minimum Gasteiger partial charge on any atom is -0.480 e. The van der Waals surface area contributed by atoms with E-state index in [4.69, 9.17) is 16.6 Å². The van der Waals surface area contributed by atoms with E-state index in [0.29, 0.717) is 0 Å². The van der Waals surface area contributed by atoms with Crippen LogP contribution >= 0.6 is 0 Å². The van der Waals surface area contributed by atoms with Gasteiger partial charge in [0, 0.05) is 12.8 Å². The van der Waals surface area contributed by atoms with Gasteiger partial charge in [0.15, 0.2) is 5.41 Å². The number of hydrogen-bond acceptors (Lipinski definition) is 2. The molecule has 0 aliphatic carbocycles. The minimum atomic E-state index is -1.97. The lowest BCUT2D eigenvalue weighted by Gasteiger charge is -2.19. The highest BCUT2D eigenvalue weighted by molar-refractivity contribution is 5.98. The smallest absolute Gasteiger partial charge is 0.323 e. The van der Waals surface area contributed by atoms with Crippen molar-refractivity contribution < 1.29 is 19.8 Å². The van der Waals surface area contributed by atoms with Crippen LogP contribution in [0.15, 0.2) is 0 Å². The van der Waals surface area contributed by atoms with Gasteiger partial charge in [0.1, 0.15) is 0 Å². The van der Waals surface area contributed by atoms with Crippen LogP contribution in [-0.4, -0.2) is 22.2 Å². The number of hydrogen-bond donors (Lipinski definition) is 2. The molecule has 0 unspecified atom stereocenters. The fourth-order valence-electron chi connectivity index (χ4n) is 0.870. The number of carboxylic acid groups (broad SMARTS) is 2. The van der Waals surface area contributed by atoms with Crippen LogP contribution in [0.3, 0.4) is 0 Å². The van der Waals surface area contributed by atoms with E-state index in [1.54, 1.807) is 0 Å². The summed E-state index contributed by atoms with van der Waals surface area (Å²) in [6.07, 6.45) is 4.29. The van der Waals surface area contributed by atoms with Gasteiger partial charge in [0.05, 0.1) is 0 Å². The van der Waals surface area contributed by atoms with Gasteiger partial charge in [0.25, 0.3) is 0 Å².